The zero-order valence-corrected chi connectivity index (χ0v) is 16.5. The van der Waals surface area contributed by atoms with Crippen LogP contribution in [0, 0.1) is 34.0 Å². The lowest BCUT2D eigenvalue weighted by atomic mass is 9.45. The Labute approximate surface area is 156 Å². The Morgan fingerprint density at radius 2 is 2.00 bits per heavy atom. The van der Waals surface area contributed by atoms with Gasteiger partial charge in [-0.3, -0.25) is 9.59 Å². The first kappa shape index (κ1) is 18.2. The molecule has 0 amide bonds. The standard InChI is InChI=1S/C23H32O3/c1-5-19(26)22(3)11-9-17-16-7-6-14-12-15(24)8-10-21(14,2)20(16)18(25)13-23(17,22)4/h8,10,12,16-18,20,25H,5-7,9,11,13H2,1-4H3/t16-,17-,18-,20+,21-,22+,23-/m0/s1. The number of fused-ring (bicyclic) bond motifs is 5. The maximum Gasteiger partial charge on any atom is 0.178 e. The zero-order chi connectivity index (χ0) is 18.9. The van der Waals surface area contributed by atoms with E-state index in [2.05, 4.69) is 26.8 Å². The van der Waals surface area contributed by atoms with Gasteiger partial charge in [0.15, 0.2) is 5.78 Å². The Kier molecular flexibility index (Phi) is 3.94. The summed E-state index contributed by atoms with van der Waals surface area (Å²) in [5, 5.41) is 11.3. The summed E-state index contributed by atoms with van der Waals surface area (Å²) in [4.78, 5) is 24.7. The van der Waals surface area contributed by atoms with E-state index in [0.717, 1.165) is 25.7 Å². The van der Waals surface area contributed by atoms with Gasteiger partial charge in [-0.25, -0.2) is 0 Å². The Hall–Kier alpha value is -1.22. The topological polar surface area (TPSA) is 54.4 Å². The average molecular weight is 357 g/mol. The van der Waals surface area contributed by atoms with Crippen LogP contribution in [0.25, 0.3) is 0 Å². The number of rotatable bonds is 2. The third kappa shape index (κ3) is 2.10. The summed E-state index contributed by atoms with van der Waals surface area (Å²) in [6, 6.07) is 0. The van der Waals surface area contributed by atoms with Crippen LogP contribution < -0.4 is 0 Å². The van der Waals surface area contributed by atoms with Gasteiger partial charge in [-0.05, 0) is 61.5 Å². The summed E-state index contributed by atoms with van der Waals surface area (Å²) in [6.07, 6.45) is 10.4. The number of ketones is 2. The summed E-state index contributed by atoms with van der Waals surface area (Å²) >= 11 is 0. The van der Waals surface area contributed by atoms with Crippen LogP contribution in [0.4, 0.5) is 0 Å². The molecule has 0 spiro atoms. The Bertz CT molecular complexity index is 719. The summed E-state index contributed by atoms with van der Waals surface area (Å²) in [6.45, 7) is 8.59. The highest BCUT2D eigenvalue weighted by Crippen LogP contribution is 2.69. The molecule has 0 saturated heterocycles. The molecule has 0 heterocycles. The first-order chi connectivity index (χ1) is 12.2. The number of hydrogen-bond acceptors (Lipinski definition) is 3. The van der Waals surface area contributed by atoms with Crippen molar-refractivity contribution in [2.24, 2.45) is 34.0 Å². The van der Waals surface area contributed by atoms with Gasteiger partial charge in [-0.2, -0.15) is 0 Å². The number of aliphatic hydroxyl groups is 1. The molecule has 3 fully saturated rings. The fourth-order valence-electron chi connectivity index (χ4n) is 7.42. The molecule has 7 atom stereocenters. The van der Waals surface area contributed by atoms with E-state index < -0.39 is 6.10 Å². The molecule has 0 aliphatic heterocycles. The maximum atomic E-state index is 12.9. The molecule has 1 N–H and O–H groups in total. The number of carbonyl (C=O) groups is 2. The van der Waals surface area contributed by atoms with Crippen molar-refractivity contribution < 1.29 is 14.7 Å². The number of carbonyl (C=O) groups excluding carboxylic acids is 2. The lowest BCUT2D eigenvalue weighted by Crippen LogP contribution is -2.58. The van der Waals surface area contributed by atoms with Crippen LogP contribution in [0.2, 0.25) is 0 Å². The third-order valence-corrected chi connectivity index (χ3v) is 9.04. The van der Waals surface area contributed by atoms with Gasteiger partial charge in [0.1, 0.15) is 5.78 Å². The van der Waals surface area contributed by atoms with E-state index in [1.165, 1.54) is 5.57 Å². The molecule has 3 saturated carbocycles. The monoisotopic (exact) mass is 356 g/mol. The van der Waals surface area contributed by atoms with Gasteiger partial charge in [-0.15, -0.1) is 0 Å². The minimum Gasteiger partial charge on any atom is -0.393 e. The molecule has 4 aliphatic carbocycles. The maximum absolute atomic E-state index is 12.9. The predicted molar refractivity (Wildman–Crippen MR) is 101 cm³/mol. The first-order valence-corrected chi connectivity index (χ1v) is 10.3. The van der Waals surface area contributed by atoms with E-state index in [1.807, 2.05) is 6.92 Å². The quantitative estimate of drug-likeness (QED) is 0.805. The minimum absolute atomic E-state index is 0.0769. The van der Waals surface area contributed by atoms with Gasteiger partial charge < -0.3 is 5.11 Å². The van der Waals surface area contributed by atoms with E-state index >= 15 is 0 Å². The average Bonchev–Trinajstić information content (AvgIpc) is 2.86. The van der Waals surface area contributed by atoms with Gasteiger partial charge in [-0.1, -0.05) is 39.3 Å². The van der Waals surface area contributed by atoms with Crippen molar-refractivity contribution in [3.63, 3.8) is 0 Å². The fourth-order valence-corrected chi connectivity index (χ4v) is 7.42. The summed E-state index contributed by atoms with van der Waals surface area (Å²) in [5.41, 5.74) is 0.547. The van der Waals surface area contributed by atoms with E-state index in [4.69, 9.17) is 0 Å². The van der Waals surface area contributed by atoms with Crippen molar-refractivity contribution >= 4 is 11.6 Å². The Balaban J connectivity index is 1.75. The molecule has 3 nitrogen and oxygen atoms in total. The van der Waals surface area contributed by atoms with E-state index in [9.17, 15) is 14.7 Å². The van der Waals surface area contributed by atoms with Gasteiger partial charge in [0.05, 0.1) is 6.10 Å². The number of allylic oxidation sites excluding steroid dienone is 4. The van der Waals surface area contributed by atoms with Crippen molar-refractivity contribution in [1.29, 1.82) is 0 Å². The van der Waals surface area contributed by atoms with Crippen molar-refractivity contribution in [2.75, 3.05) is 0 Å². The molecule has 4 rings (SSSR count). The molecule has 0 bridgehead atoms. The zero-order valence-electron chi connectivity index (χ0n) is 16.5. The lowest BCUT2D eigenvalue weighted by molar-refractivity contribution is -0.153. The Morgan fingerprint density at radius 3 is 2.69 bits per heavy atom. The molecular weight excluding hydrogens is 324 g/mol. The van der Waals surface area contributed by atoms with Gasteiger partial charge in [0, 0.05) is 23.2 Å². The normalized spacial score (nSPS) is 49.9. The molecule has 4 aliphatic rings. The van der Waals surface area contributed by atoms with E-state index in [-0.39, 0.29) is 27.9 Å². The van der Waals surface area contributed by atoms with Gasteiger partial charge >= 0.3 is 0 Å². The van der Waals surface area contributed by atoms with Crippen molar-refractivity contribution in [2.45, 2.75) is 72.3 Å². The van der Waals surface area contributed by atoms with Crippen LogP contribution in [0.5, 0.6) is 0 Å². The molecule has 0 aromatic heterocycles. The summed E-state index contributed by atoms with van der Waals surface area (Å²) in [5.74, 6) is 1.51. The highest BCUT2D eigenvalue weighted by atomic mass is 16.3. The molecule has 0 unspecified atom stereocenters. The predicted octanol–water partition coefficient (Wildman–Crippen LogP) is 4.25. The van der Waals surface area contributed by atoms with Gasteiger partial charge in [0.2, 0.25) is 0 Å². The van der Waals surface area contributed by atoms with Crippen LogP contribution in [-0.2, 0) is 9.59 Å². The molecule has 0 aromatic rings. The van der Waals surface area contributed by atoms with E-state index in [0.29, 0.717) is 30.5 Å². The second-order valence-corrected chi connectivity index (χ2v) is 9.86. The Morgan fingerprint density at radius 1 is 1.27 bits per heavy atom. The van der Waals surface area contributed by atoms with Crippen molar-refractivity contribution in [3.05, 3.63) is 23.8 Å². The largest absolute Gasteiger partial charge is 0.393 e. The molecule has 26 heavy (non-hydrogen) atoms. The summed E-state index contributed by atoms with van der Waals surface area (Å²) < 4.78 is 0. The molecule has 0 aromatic carbocycles. The second kappa shape index (κ2) is 5.64. The molecule has 3 heteroatoms. The van der Waals surface area contributed by atoms with Crippen LogP contribution >= 0.6 is 0 Å². The minimum atomic E-state index is -0.421. The fraction of sp³-hybridized carbons (Fsp3) is 0.739. The van der Waals surface area contributed by atoms with Crippen LogP contribution in [-0.4, -0.2) is 22.8 Å². The SMILES string of the molecule is CCC(=O)[C@@]1(C)CC[C@H]2[C@@H]3CCC4=CC(=O)C=C[C@]4(C)[C@H]3[C@@H](O)C[C@@]21C. The lowest BCUT2D eigenvalue weighted by Gasteiger charge is -2.60. The van der Waals surface area contributed by atoms with Crippen LogP contribution in [0.3, 0.4) is 0 Å². The third-order valence-electron chi connectivity index (χ3n) is 9.04. The second-order valence-electron chi connectivity index (χ2n) is 9.86. The van der Waals surface area contributed by atoms with E-state index in [1.54, 1.807) is 12.2 Å². The summed E-state index contributed by atoms with van der Waals surface area (Å²) in [7, 11) is 0. The van der Waals surface area contributed by atoms with Crippen molar-refractivity contribution in [1.82, 2.24) is 0 Å². The molecule has 142 valence electrons. The van der Waals surface area contributed by atoms with Crippen molar-refractivity contribution in [3.8, 4) is 0 Å². The highest BCUT2D eigenvalue weighted by Gasteiger charge is 2.66. The first-order valence-electron chi connectivity index (χ1n) is 10.3. The number of Topliss-reactive ketones (excluding diaryl/α,β-unsaturated/α-hetero) is 1. The number of aliphatic hydroxyl groups excluding tert-OH is 1. The van der Waals surface area contributed by atoms with Crippen LogP contribution in [0.1, 0.15) is 66.2 Å². The highest BCUT2D eigenvalue weighted by molar-refractivity contribution is 6.01. The van der Waals surface area contributed by atoms with Crippen LogP contribution in [0.15, 0.2) is 23.8 Å². The smallest absolute Gasteiger partial charge is 0.178 e. The molecular formula is C23H32O3. The van der Waals surface area contributed by atoms with Gasteiger partial charge in [0.25, 0.3) is 0 Å². The molecule has 0 radical (unpaired) electrons. The number of hydrogen-bond donors (Lipinski definition) is 1.